The van der Waals surface area contributed by atoms with Gasteiger partial charge < -0.3 is 5.11 Å². The van der Waals surface area contributed by atoms with Gasteiger partial charge in [-0.1, -0.05) is 83.3 Å². The predicted octanol–water partition coefficient (Wildman–Crippen LogP) is 3.77. The predicted molar refractivity (Wildman–Crippen MR) is 79.4 cm³/mol. The molecule has 2 rings (SSSR count). The highest BCUT2D eigenvalue weighted by Crippen LogP contribution is 2.25. The Kier molecular flexibility index (Phi) is 4.57. The zero-order valence-electron chi connectivity index (χ0n) is 9.46. The van der Waals surface area contributed by atoms with Gasteiger partial charge in [0, 0.05) is 3.92 Å². The summed E-state index contributed by atoms with van der Waals surface area (Å²) < 4.78 is 0.192. The number of hydrogen-bond donors (Lipinski definition) is 1. The monoisotopic (exact) mass is 338 g/mol. The maximum Gasteiger partial charge on any atom is 0.0910 e. The quantitative estimate of drug-likeness (QED) is 0.665. The van der Waals surface area contributed by atoms with Crippen molar-refractivity contribution < 1.29 is 5.11 Å². The molecule has 0 fully saturated rings. The topological polar surface area (TPSA) is 20.2 Å². The molecule has 2 aromatic carbocycles. The van der Waals surface area contributed by atoms with Gasteiger partial charge in [0.2, 0.25) is 0 Å². The molecule has 0 amide bonds. The molecule has 0 saturated heterocycles. The Morgan fingerprint density at radius 3 is 2.00 bits per heavy atom. The number of halogens is 1. The fourth-order valence-electron chi connectivity index (χ4n) is 1.81. The SMILES string of the molecule is O[C@@H](c1ccccc1)[C@@H](I)Cc1ccccc1. The zero-order valence-corrected chi connectivity index (χ0v) is 11.6. The van der Waals surface area contributed by atoms with Crippen LogP contribution in [0, 0.1) is 0 Å². The second kappa shape index (κ2) is 6.17. The van der Waals surface area contributed by atoms with Crippen LogP contribution >= 0.6 is 22.6 Å². The molecule has 0 saturated carbocycles. The highest BCUT2D eigenvalue weighted by molar-refractivity contribution is 14.1. The van der Waals surface area contributed by atoms with Crippen molar-refractivity contribution >= 4 is 22.6 Å². The van der Waals surface area contributed by atoms with E-state index < -0.39 is 6.10 Å². The molecule has 0 aliphatic heterocycles. The molecule has 1 nitrogen and oxygen atoms in total. The third-order valence-electron chi connectivity index (χ3n) is 2.76. The minimum Gasteiger partial charge on any atom is -0.387 e. The van der Waals surface area contributed by atoms with Crippen LogP contribution in [0.2, 0.25) is 0 Å². The fourth-order valence-corrected chi connectivity index (χ4v) is 2.73. The summed E-state index contributed by atoms with van der Waals surface area (Å²) in [5.74, 6) is 0. The van der Waals surface area contributed by atoms with E-state index in [9.17, 15) is 5.11 Å². The smallest absolute Gasteiger partial charge is 0.0910 e. The van der Waals surface area contributed by atoms with E-state index in [0.717, 1.165) is 12.0 Å². The molecule has 0 heterocycles. The Hall–Kier alpha value is -0.870. The van der Waals surface area contributed by atoms with Crippen molar-refractivity contribution in [2.45, 2.75) is 16.4 Å². The summed E-state index contributed by atoms with van der Waals surface area (Å²) in [5, 5.41) is 10.2. The number of benzene rings is 2. The maximum absolute atomic E-state index is 10.2. The van der Waals surface area contributed by atoms with Gasteiger partial charge in [-0.15, -0.1) is 0 Å². The van der Waals surface area contributed by atoms with Gasteiger partial charge in [-0.05, 0) is 17.5 Å². The van der Waals surface area contributed by atoms with Crippen LogP contribution in [0.1, 0.15) is 17.2 Å². The molecular weight excluding hydrogens is 323 g/mol. The van der Waals surface area contributed by atoms with E-state index in [2.05, 4.69) is 34.7 Å². The molecule has 17 heavy (non-hydrogen) atoms. The van der Waals surface area contributed by atoms with Gasteiger partial charge in [-0.2, -0.15) is 0 Å². The van der Waals surface area contributed by atoms with Crippen LogP contribution in [0.15, 0.2) is 60.7 Å². The van der Waals surface area contributed by atoms with Gasteiger partial charge in [0.25, 0.3) is 0 Å². The minimum atomic E-state index is -0.406. The van der Waals surface area contributed by atoms with E-state index in [0.29, 0.717) is 0 Å². The third kappa shape index (κ3) is 3.54. The van der Waals surface area contributed by atoms with Crippen molar-refractivity contribution in [1.82, 2.24) is 0 Å². The van der Waals surface area contributed by atoms with Crippen molar-refractivity contribution in [3.05, 3.63) is 71.8 Å². The zero-order chi connectivity index (χ0) is 12.1. The van der Waals surface area contributed by atoms with Crippen molar-refractivity contribution in [2.75, 3.05) is 0 Å². The van der Waals surface area contributed by atoms with E-state index in [1.807, 2.05) is 48.5 Å². The van der Waals surface area contributed by atoms with E-state index in [-0.39, 0.29) is 3.92 Å². The van der Waals surface area contributed by atoms with Gasteiger partial charge >= 0.3 is 0 Å². The van der Waals surface area contributed by atoms with Crippen molar-refractivity contribution in [3.63, 3.8) is 0 Å². The number of hydrogen-bond acceptors (Lipinski definition) is 1. The molecule has 2 heteroatoms. The van der Waals surface area contributed by atoms with Crippen molar-refractivity contribution in [1.29, 1.82) is 0 Å². The molecule has 0 unspecified atom stereocenters. The van der Waals surface area contributed by atoms with Crippen LogP contribution in [0.25, 0.3) is 0 Å². The minimum absolute atomic E-state index is 0.192. The molecular formula is C15H15IO. The average Bonchev–Trinajstić information content (AvgIpc) is 2.40. The first-order valence-electron chi connectivity index (χ1n) is 5.68. The molecule has 2 atom stereocenters. The summed E-state index contributed by atoms with van der Waals surface area (Å²) in [6.45, 7) is 0. The molecule has 0 bridgehead atoms. The van der Waals surface area contributed by atoms with Crippen LogP contribution in [-0.2, 0) is 6.42 Å². The Bertz CT molecular complexity index is 441. The fraction of sp³-hybridized carbons (Fsp3) is 0.200. The third-order valence-corrected chi connectivity index (χ3v) is 3.88. The Morgan fingerprint density at radius 2 is 1.41 bits per heavy atom. The number of aliphatic hydroxyl groups excluding tert-OH is 1. The Morgan fingerprint density at radius 1 is 0.882 bits per heavy atom. The summed E-state index contributed by atoms with van der Waals surface area (Å²) in [6, 6.07) is 20.1. The van der Waals surface area contributed by atoms with Crippen molar-refractivity contribution in [2.24, 2.45) is 0 Å². The molecule has 0 aliphatic carbocycles. The van der Waals surface area contributed by atoms with Crippen LogP contribution < -0.4 is 0 Å². The van der Waals surface area contributed by atoms with Gasteiger partial charge in [0.1, 0.15) is 0 Å². The number of alkyl halides is 1. The summed E-state index contributed by atoms with van der Waals surface area (Å²) >= 11 is 2.32. The normalized spacial score (nSPS) is 14.2. The first-order chi connectivity index (χ1) is 8.27. The average molecular weight is 338 g/mol. The Labute approximate surface area is 116 Å². The van der Waals surface area contributed by atoms with E-state index in [1.165, 1.54) is 5.56 Å². The standard InChI is InChI=1S/C15H15IO/c16-14(11-12-7-3-1-4-8-12)15(17)13-9-5-2-6-10-13/h1-10,14-15,17H,11H2/t14-,15-/m0/s1. The van der Waals surface area contributed by atoms with Gasteiger partial charge in [0.05, 0.1) is 6.10 Å². The first kappa shape index (κ1) is 12.6. The molecule has 0 spiro atoms. The van der Waals surface area contributed by atoms with Crippen LogP contribution in [0.3, 0.4) is 0 Å². The number of rotatable bonds is 4. The van der Waals surface area contributed by atoms with Gasteiger partial charge in [-0.3, -0.25) is 0 Å². The highest BCUT2D eigenvalue weighted by Gasteiger charge is 2.17. The largest absolute Gasteiger partial charge is 0.387 e. The summed E-state index contributed by atoms with van der Waals surface area (Å²) in [4.78, 5) is 0. The van der Waals surface area contributed by atoms with E-state index >= 15 is 0 Å². The lowest BCUT2D eigenvalue weighted by molar-refractivity contribution is 0.179. The number of aliphatic hydroxyl groups is 1. The second-order valence-electron chi connectivity index (χ2n) is 4.06. The molecule has 0 aliphatic rings. The van der Waals surface area contributed by atoms with Crippen LogP contribution in [0.5, 0.6) is 0 Å². The molecule has 0 aromatic heterocycles. The molecule has 88 valence electrons. The summed E-state index contributed by atoms with van der Waals surface area (Å²) in [5.41, 5.74) is 2.25. The highest BCUT2D eigenvalue weighted by atomic mass is 127. The Balaban J connectivity index is 2.03. The van der Waals surface area contributed by atoms with E-state index in [4.69, 9.17) is 0 Å². The van der Waals surface area contributed by atoms with Crippen LogP contribution in [0.4, 0.5) is 0 Å². The second-order valence-corrected chi connectivity index (χ2v) is 5.66. The lowest BCUT2D eigenvalue weighted by atomic mass is 10.0. The summed E-state index contributed by atoms with van der Waals surface area (Å²) in [7, 11) is 0. The van der Waals surface area contributed by atoms with Gasteiger partial charge in [0.15, 0.2) is 0 Å². The summed E-state index contributed by atoms with van der Waals surface area (Å²) in [6.07, 6.45) is 0.481. The van der Waals surface area contributed by atoms with E-state index in [1.54, 1.807) is 0 Å². The lowest BCUT2D eigenvalue weighted by Crippen LogP contribution is -2.14. The van der Waals surface area contributed by atoms with Crippen LogP contribution in [-0.4, -0.2) is 9.03 Å². The molecule has 2 aromatic rings. The van der Waals surface area contributed by atoms with Crippen molar-refractivity contribution in [3.8, 4) is 0 Å². The maximum atomic E-state index is 10.2. The first-order valence-corrected chi connectivity index (χ1v) is 6.93. The molecule has 0 radical (unpaired) electrons. The van der Waals surface area contributed by atoms with Gasteiger partial charge in [-0.25, -0.2) is 0 Å². The lowest BCUT2D eigenvalue weighted by Gasteiger charge is -2.17. The molecule has 1 N–H and O–H groups in total.